The predicted molar refractivity (Wildman–Crippen MR) is 67.8 cm³/mol. The molecule has 0 aromatic heterocycles. The molecule has 2 rings (SSSR count). The van der Waals surface area contributed by atoms with Crippen LogP contribution < -0.4 is 5.32 Å². The van der Waals surface area contributed by atoms with Crippen molar-refractivity contribution in [3.8, 4) is 0 Å². The minimum absolute atomic E-state index is 0.0878. The highest BCUT2D eigenvalue weighted by Crippen LogP contribution is 2.37. The van der Waals surface area contributed by atoms with Gasteiger partial charge in [0.2, 0.25) is 0 Å². The number of hydrogen-bond acceptors (Lipinski definition) is 1. The molecule has 0 heterocycles. The highest BCUT2D eigenvalue weighted by Gasteiger charge is 2.24. The lowest BCUT2D eigenvalue weighted by molar-refractivity contribution is 0.265. The van der Waals surface area contributed by atoms with E-state index in [2.05, 4.69) is 21.2 Å². The fourth-order valence-corrected chi connectivity index (χ4v) is 2.87. The van der Waals surface area contributed by atoms with E-state index in [1.807, 2.05) is 7.05 Å². The minimum atomic E-state index is -0.806. The highest BCUT2D eigenvalue weighted by atomic mass is 79.9. The average molecular weight is 304 g/mol. The monoisotopic (exact) mass is 303 g/mol. The minimum Gasteiger partial charge on any atom is -0.313 e. The first-order chi connectivity index (χ1) is 8.13. The second kappa shape index (κ2) is 5.44. The van der Waals surface area contributed by atoms with Gasteiger partial charge in [-0.3, -0.25) is 0 Å². The van der Waals surface area contributed by atoms with E-state index < -0.39 is 11.6 Å². The second-order valence-corrected chi connectivity index (χ2v) is 5.43. The highest BCUT2D eigenvalue weighted by molar-refractivity contribution is 9.10. The molecule has 1 aliphatic carbocycles. The van der Waals surface area contributed by atoms with Crippen LogP contribution in [-0.4, -0.2) is 7.05 Å². The van der Waals surface area contributed by atoms with Crippen LogP contribution in [0.3, 0.4) is 0 Å². The van der Waals surface area contributed by atoms with Gasteiger partial charge in [-0.05, 0) is 46.9 Å². The van der Waals surface area contributed by atoms with Gasteiger partial charge in [0.1, 0.15) is 0 Å². The Kier molecular flexibility index (Phi) is 4.15. The fourth-order valence-electron chi connectivity index (χ4n) is 2.27. The van der Waals surface area contributed by atoms with Gasteiger partial charge in [0, 0.05) is 6.04 Å². The molecule has 94 valence electrons. The lowest BCUT2D eigenvalue weighted by Crippen LogP contribution is -2.23. The normalized spacial score (nSPS) is 17.9. The zero-order chi connectivity index (χ0) is 12.4. The first-order valence-electron chi connectivity index (χ1n) is 5.94. The van der Waals surface area contributed by atoms with E-state index in [1.54, 1.807) is 6.07 Å². The van der Waals surface area contributed by atoms with Gasteiger partial charge < -0.3 is 5.32 Å². The molecule has 1 unspecified atom stereocenters. The van der Waals surface area contributed by atoms with E-state index in [0.717, 1.165) is 12.0 Å². The van der Waals surface area contributed by atoms with Crippen molar-refractivity contribution in [2.45, 2.75) is 31.7 Å². The molecule has 1 atom stereocenters. The van der Waals surface area contributed by atoms with Crippen molar-refractivity contribution < 1.29 is 8.78 Å². The van der Waals surface area contributed by atoms with Gasteiger partial charge in [-0.2, -0.15) is 0 Å². The van der Waals surface area contributed by atoms with E-state index in [1.165, 1.54) is 25.3 Å². The summed E-state index contributed by atoms with van der Waals surface area (Å²) in [5, 5.41) is 3.19. The van der Waals surface area contributed by atoms with E-state index in [4.69, 9.17) is 0 Å². The van der Waals surface area contributed by atoms with Gasteiger partial charge in [-0.25, -0.2) is 8.78 Å². The Morgan fingerprint density at radius 2 is 2.12 bits per heavy atom. The summed E-state index contributed by atoms with van der Waals surface area (Å²) in [6.07, 6.45) is 4.78. The SMILES string of the molecule is CNC(CC1CCC1)c1ccc(F)c(F)c1Br. The third-order valence-corrected chi connectivity index (χ3v) is 4.39. The largest absolute Gasteiger partial charge is 0.313 e. The molecule has 1 N–H and O–H groups in total. The summed E-state index contributed by atoms with van der Waals surface area (Å²) in [7, 11) is 1.86. The van der Waals surface area contributed by atoms with Crippen LogP contribution in [0.4, 0.5) is 8.78 Å². The van der Waals surface area contributed by atoms with Crippen LogP contribution in [0.1, 0.15) is 37.3 Å². The predicted octanol–water partition coefficient (Wildman–Crippen LogP) is 4.18. The number of nitrogens with one attached hydrogen (secondary N) is 1. The first kappa shape index (κ1) is 13.0. The van der Waals surface area contributed by atoms with E-state index in [9.17, 15) is 8.78 Å². The third-order valence-electron chi connectivity index (χ3n) is 3.58. The lowest BCUT2D eigenvalue weighted by atomic mass is 9.79. The number of hydrogen-bond donors (Lipinski definition) is 1. The Labute approximate surface area is 109 Å². The van der Waals surface area contributed by atoms with Gasteiger partial charge in [0.05, 0.1) is 4.47 Å². The molecular formula is C13H16BrF2N. The van der Waals surface area contributed by atoms with Gasteiger partial charge in [0.25, 0.3) is 0 Å². The Morgan fingerprint density at radius 3 is 2.65 bits per heavy atom. The maximum absolute atomic E-state index is 13.5. The molecule has 1 saturated carbocycles. The van der Waals surface area contributed by atoms with Crippen LogP contribution in [0.25, 0.3) is 0 Å². The third kappa shape index (κ3) is 2.68. The average Bonchev–Trinajstić information content (AvgIpc) is 2.27. The summed E-state index contributed by atoms with van der Waals surface area (Å²) in [4.78, 5) is 0. The van der Waals surface area contributed by atoms with Crippen LogP contribution in [-0.2, 0) is 0 Å². The molecule has 1 fully saturated rings. The lowest BCUT2D eigenvalue weighted by Gasteiger charge is -2.30. The molecule has 1 nitrogen and oxygen atoms in total. The molecule has 0 amide bonds. The molecule has 1 aromatic carbocycles. The summed E-state index contributed by atoms with van der Waals surface area (Å²) in [5.41, 5.74) is 0.804. The van der Waals surface area contributed by atoms with Crippen LogP contribution >= 0.6 is 15.9 Å². The van der Waals surface area contributed by atoms with Crippen LogP contribution in [0.5, 0.6) is 0 Å². The smallest absolute Gasteiger partial charge is 0.173 e. The van der Waals surface area contributed by atoms with Crippen molar-refractivity contribution >= 4 is 15.9 Å². The van der Waals surface area contributed by atoms with Crippen molar-refractivity contribution in [2.24, 2.45) is 5.92 Å². The summed E-state index contributed by atoms with van der Waals surface area (Å²) < 4.78 is 26.8. The summed E-state index contributed by atoms with van der Waals surface area (Å²) >= 11 is 3.15. The zero-order valence-corrected chi connectivity index (χ0v) is 11.4. The summed E-state index contributed by atoms with van der Waals surface area (Å²) in [6.45, 7) is 0. The zero-order valence-electron chi connectivity index (χ0n) is 9.77. The molecule has 0 saturated heterocycles. The maximum atomic E-state index is 13.5. The quantitative estimate of drug-likeness (QED) is 0.823. The molecule has 0 spiro atoms. The van der Waals surface area contributed by atoms with Crippen molar-refractivity contribution in [3.63, 3.8) is 0 Å². The van der Waals surface area contributed by atoms with Gasteiger partial charge >= 0.3 is 0 Å². The Morgan fingerprint density at radius 1 is 1.41 bits per heavy atom. The van der Waals surface area contributed by atoms with Crippen molar-refractivity contribution in [1.82, 2.24) is 5.32 Å². The first-order valence-corrected chi connectivity index (χ1v) is 6.73. The second-order valence-electron chi connectivity index (χ2n) is 4.64. The van der Waals surface area contributed by atoms with Gasteiger partial charge in [-0.15, -0.1) is 0 Å². The van der Waals surface area contributed by atoms with Crippen LogP contribution in [0.2, 0.25) is 0 Å². The van der Waals surface area contributed by atoms with Crippen LogP contribution in [0, 0.1) is 17.6 Å². The van der Waals surface area contributed by atoms with E-state index in [0.29, 0.717) is 5.92 Å². The van der Waals surface area contributed by atoms with E-state index >= 15 is 0 Å². The fraction of sp³-hybridized carbons (Fsp3) is 0.538. The molecule has 1 aliphatic rings. The molecule has 1 aromatic rings. The van der Waals surface area contributed by atoms with Gasteiger partial charge in [0.15, 0.2) is 11.6 Å². The van der Waals surface area contributed by atoms with Crippen LogP contribution in [0.15, 0.2) is 16.6 Å². The molecule has 0 bridgehead atoms. The summed E-state index contributed by atoms with van der Waals surface area (Å²) in [6, 6.07) is 2.94. The molecule has 17 heavy (non-hydrogen) atoms. The number of halogens is 3. The molecular weight excluding hydrogens is 288 g/mol. The van der Waals surface area contributed by atoms with E-state index in [-0.39, 0.29) is 10.5 Å². The van der Waals surface area contributed by atoms with Crippen molar-refractivity contribution in [2.75, 3.05) is 7.05 Å². The Balaban J connectivity index is 2.20. The topological polar surface area (TPSA) is 12.0 Å². The molecule has 0 aliphatic heterocycles. The number of rotatable bonds is 4. The van der Waals surface area contributed by atoms with Crippen molar-refractivity contribution in [3.05, 3.63) is 33.8 Å². The Bertz CT molecular complexity index is 405. The van der Waals surface area contributed by atoms with Gasteiger partial charge in [-0.1, -0.05) is 25.3 Å². The molecule has 4 heteroatoms. The summed E-state index contributed by atoms with van der Waals surface area (Å²) in [5.74, 6) is -0.886. The standard InChI is InChI=1S/C13H16BrF2N/c1-17-11(7-8-3-2-4-8)9-5-6-10(15)13(16)12(9)14/h5-6,8,11,17H,2-4,7H2,1H3. The number of benzene rings is 1. The van der Waals surface area contributed by atoms with Crippen molar-refractivity contribution in [1.29, 1.82) is 0 Å². The Hall–Kier alpha value is -0.480. The maximum Gasteiger partial charge on any atom is 0.173 e. The molecule has 0 radical (unpaired) electrons.